The molecule has 1 saturated heterocycles. The SMILES string of the molecule is CCC(C)[C@@H](c1cc(OC)c(O)c(Br)c1Br)N1CCNCC1. The molecule has 1 aromatic carbocycles. The lowest BCUT2D eigenvalue weighted by atomic mass is 9.90. The van der Waals surface area contributed by atoms with E-state index in [-0.39, 0.29) is 5.75 Å². The summed E-state index contributed by atoms with van der Waals surface area (Å²) in [4.78, 5) is 2.52. The topological polar surface area (TPSA) is 44.7 Å². The zero-order valence-corrected chi connectivity index (χ0v) is 16.5. The average molecular weight is 436 g/mol. The van der Waals surface area contributed by atoms with Gasteiger partial charge in [0.2, 0.25) is 0 Å². The molecule has 1 aliphatic rings. The fourth-order valence-corrected chi connectivity index (χ4v) is 3.99. The van der Waals surface area contributed by atoms with Crippen LogP contribution in [0.25, 0.3) is 0 Å². The molecule has 0 aromatic heterocycles. The van der Waals surface area contributed by atoms with Crippen molar-refractivity contribution in [2.75, 3.05) is 33.3 Å². The molecule has 1 unspecified atom stereocenters. The summed E-state index contributed by atoms with van der Waals surface area (Å²) >= 11 is 7.13. The van der Waals surface area contributed by atoms with E-state index in [0.29, 0.717) is 22.2 Å². The van der Waals surface area contributed by atoms with E-state index in [1.54, 1.807) is 7.11 Å². The van der Waals surface area contributed by atoms with Crippen LogP contribution in [-0.2, 0) is 0 Å². The van der Waals surface area contributed by atoms with Crippen LogP contribution in [0.15, 0.2) is 15.0 Å². The first kappa shape index (κ1) is 18.0. The maximum absolute atomic E-state index is 10.2. The van der Waals surface area contributed by atoms with E-state index >= 15 is 0 Å². The maximum atomic E-state index is 10.2. The van der Waals surface area contributed by atoms with Crippen molar-refractivity contribution in [3.8, 4) is 11.5 Å². The number of hydrogen-bond donors (Lipinski definition) is 2. The van der Waals surface area contributed by atoms with Crippen molar-refractivity contribution in [1.29, 1.82) is 0 Å². The lowest BCUT2D eigenvalue weighted by Crippen LogP contribution is -2.46. The highest BCUT2D eigenvalue weighted by Gasteiger charge is 2.30. The number of nitrogens with zero attached hydrogens (tertiary/aromatic N) is 1. The molecule has 0 radical (unpaired) electrons. The molecular formula is C16H24Br2N2O2. The van der Waals surface area contributed by atoms with Crippen molar-refractivity contribution in [3.05, 3.63) is 20.6 Å². The lowest BCUT2D eigenvalue weighted by molar-refractivity contribution is 0.127. The number of nitrogens with one attached hydrogen (secondary N) is 1. The van der Waals surface area contributed by atoms with E-state index < -0.39 is 0 Å². The molecule has 4 nitrogen and oxygen atoms in total. The van der Waals surface area contributed by atoms with E-state index in [0.717, 1.165) is 42.6 Å². The number of ether oxygens (including phenoxy) is 1. The molecular weight excluding hydrogens is 412 g/mol. The van der Waals surface area contributed by atoms with Crippen LogP contribution in [0, 0.1) is 5.92 Å². The Morgan fingerprint density at radius 3 is 2.50 bits per heavy atom. The van der Waals surface area contributed by atoms with Crippen LogP contribution >= 0.6 is 31.9 Å². The molecule has 0 saturated carbocycles. The predicted molar refractivity (Wildman–Crippen MR) is 96.7 cm³/mol. The molecule has 22 heavy (non-hydrogen) atoms. The van der Waals surface area contributed by atoms with Crippen LogP contribution in [0.2, 0.25) is 0 Å². The van der Waals surface area contributed by atoms with Crippen molar-refractivity contribution in [3.63, 3.8) is 0 Å². The summed E-state index contributed by atoms with van der Waals surface area (Å²) in [7, 11) is 1.59. The van der Waals surface area contributed by atoms with Gasteiger partial charge in [-0.2, -0.15) is 0 Å². The third-order valence-electron chi connectivity index (χ3n) is 4.44. The summed E-state index contributed by atoms with van der Waals surface area (Å²) in [5, 5.41) is 13.6. The van der Waals surface area contributed by atoms with Gasteiger partial charge in [0.25, 0.3) is 0 Å². The van der Waals surface area contributed by atoms with Crippen molar-refractivity contribution < 1.29 is 9.84 Å². The molecule has 1 fully saturated rings. The van der Waals surface area contributed by atoms with Gasteiger partial charge in [0.1, 0.15) is 0 Å². The van der Waals surface area contributed by atoms with Crippen molar-refractivity contribution >= 4 is 31.9 Å². The fourth-order valence-electron chi connectivity index (χ4n) is 3.03. The monoisotopic (exact) mass is 434 g/mol. The zero-order valence-electron chi connectivity index (χ0n) is 13.3. The third kappa shape index (κ3) is 3.61. The Hall–Kier alpha value is -0.300. The molecule has 0 bridgehead atoms. The maximum Gasteiger partial charge on any atom is 0.173 e. The van der Waals surface area contributed by atoms with Gasteiger partial charge >= 0.3 is 0 Å². The van der Waals surface area contributed by atoms with Gasteiger partial charge in [0, 0.05) is 36.7 Å². The van der Waals surface area contributed by atoms with Gasteiger partial charge in [-0.3, -0.25) is 4.90 Å². The van der Waals surface area contributed by atoms with Gasteiger partial charge in [-0.05, 0) is 49.4 Å². The fraction of sp³-hybridized carbons (Fsp3) is 0.625. The molecule has 2 rings (SSSR count). The van der Waals surface area contributed by atoms with Gasteiger partial charge in [-0.1, -0.05) is 20.3 Å². The lowest BCUT2D eigenvalue weighted by Gasteiger charge is -2.39. The molecule has 2 atom stereocenters. The van der Waals surface area contributed by atoms with Crippen molar-refractivity contribution in [1.82, 2.24) is 10.2 Å². The molecule has 0 amide bonds. The van der Waals surface area contributed by atoms with Crippen LogP contribution in [-0.4, -0.2) is 43.3 Å². The van der Waals surface area contributed by atoms with Gasteiger partial charge in [0.15, 0.2) is 11.5 Å². The van der Waals surface area contributed by atoms with E-state index in [2.05, 4.69) is 55.9 Å². The highest BCUT2D eigenvalue weighted by molar-refractivity contribution is 9.13. The van der Waals surface area contributed by atoms with Crippen molar-refractivity contribution in [2.45, 2.75) is 26.3 Å². The van der Waals surface area contributed by atoms with Crippen LogP contribution in [0.5, 0.6) is 11.5 Å². The quantitative estimate of drug-likeness (QED) is 0.735. The number of methoxy groups -OCH3 is 1. The number of hydrogen-bond acceptors (Lipinski definition) is 4. The molecule has 1 aliphatic heterocycles. The number of rotatable bonds is 5. The summed E-state index contributed by atoms with van der Waals surface area (Å²) in [5.74, 6) is 1.16. The largest absolute Gasteiger partial charge is 0.503 e. The molecule has 0 spiro atoms. The molecule has 2 N–H and O–H groups in total. The number of benzene rings is 1. The zero-order chi connectivity index (χ0) is 16.3. The minimum absolute atomic E-state index is 0.140. The average Bonchev–Trinajstić information content (AvgIpc) is 2.55. The Morgan fingerprint density at radius 1 is 1.32 bits per heavy atom. The summed E-state index contributed by atoms with van der Waals surface area (Å²) in [5.41, 5.74) is 1.16. The minimum Gasteiger partial charge on any atom is -0.503 e. The number of aromatic hydroxyl groups is 1. The van der Waals surface area contributed by atoms with E-state index in [1.807, 2.05) is 6.07 Å². The third-order valence-corrected chi connectivity index (χ3v) is 6.60. The highest BCUT2D eigenvalue weighted by Crippen LogP contribution is 2.46. The van der Waals surface area contributed by atoms with Crippen LogP contribution in [0.4, 0.5) is 0 Å². The summed E-state index contributed by atoms with van der Waals surface area (Å²) in [6.45, 7) is 8.60. The molecule has 1 aromatic rings. The van der Waals surface area contributed by atoms with E-state index in [4.69, 9.17) is 4.74 Å². The van der Waals surface area contributed by atoms with E-state index in [9.17, 15) is 5.11 Å². The Morgan fingerprint density at radius 2 is 1.95 bits per heavy atom. The first-order chi connectivity index (χ1) is 10.5. The Balaban J connectivity index is 2.48. The first-order valence-corrected chi connectivity index (χ1v) is 9.29. The van der Waals surface area contributed by atoms with Crippen molar-refractivity contribution in [2.24, 2.45) is 5.92 Å². The van der Waals surface area contributed by atoms with E-state index in [1.165, 1.54) is 0 Å². The molecule has 124 valence electrons. The van der Waals surface area contributed by atoms with Crippen LogP contribution < -0.4 is 10.1 Å². The van der Waals surface area contributed by atoms with Gasteiger partial charge < -0.3 is 15.2 Å². The Bertz CT molecular complexity index is 519. The summed E-state index contributed by atoms with van der Waals surface area (Å²) in [6.07, 6.45) is 1.10. The van der Waals surface area contributed by atoms with Crippen LogP contribution in [0.1, 0.15) is 31.9 Å². The number of phenolic OH excluding ortho intramolecular Hbond substituents is 1. The highest BCUT2D eigenvalue weighted by atomic mass is 79.9. The molecule has 6 heteroatoms. The second kappa shape index (κ2) is 7.99. The van der Waals surface area contributed by atoms with Crippen LogP contribution in [0.3, 0.4) is 0 Å². The Kier molecular flexibility index (Phi) is 6.56. The Labute approximate surface area is 149 Å². The predicted octanol–water partition coefficient (Wildman–Crippen LogP) is 3.92. The second-order valence-corrected chi connectivity index (χ2v) is 7.35. The van der Waals surface area contributed by atoms with Gasteiger partial charge in [-0.15, -0.1) is 0 Å². The smallest absolute Gasteiger partial charge is 0.173 e. The summed E-state index contributed by atoms with van der Waals surface area (Å²) < 4.78 is 6.91. The second-order valence-electron chi connectivity index (χ2n) is 5.76. The van der Waals surface area contributed by atoms with Gasteiger partial charge in [0.05, 0.1) is 11.6 Å². The summed E-state index contributed by atoms with van der Waals surface area (Å²) in [6, 6.07) is 2.26. The number of phenols is 1. The number of halogens is 2. The molecule has 1 heterocycles. The molecule has 0 aliphatic carbocycles. The first-order valence-electron chi connectivity index (χ1n) is 7.70. The van der Waals surface area contributed by atoms with Gasteiger partial charge in [-0.25, -0.2) is 0 Å². The minimum atomic E-state index is 0.140. The standard InChI is InChI=1S/C16H24Br2N2O2/c1-4-10(2)15(20-7-5-19-6-8-20)11-9-12(22-3)16(21)14(18)13(11)17/h9-10,15,19,21H,4-8H2,1-3H3/t10?,15-/m0/s1. The normalized spacial score (nSPS) is 19.0. The number of piperazine rings is 1.